The fourth-order valence-corrected chi connectivity index (χ4v) is 5.01. The van der Waals surface area contributed by atoms with Crippen LogP contribution >= 0.6 is 11.6 Å². The molecule has 1 fully saturated rings. The third-order valence-electron chi connectivity index (χ3n) is 6.27. The first-order chi connectivity index (χ1) is 15.0. The Balaban J connectivity index is 1.61. The summed E-state index contributed by atoms with van der Waals surface area (Å²) in [4.78, 5) is 28.2. The monoisotopic (exact) mass is 437 g/mol. The highest BCUT2D eigenvalue weighted by molar-refractivity contribution is 6.31. The zero-order valence-corrected chi connectivity index (χ0v) is 18.4. The van der Waals surface area contributed by atoms with Crippen LogP contribution in [0.1, 0.15) is 49.7 Å². The van der Waals surface area contributed by atoms with E-state index in [-0.39, 0.29) is 23.7 Å². The molecule has 1 aliphatic rings. The number of aromatic amines is 1. The Hall–Kier alpha value is -2.79. The van der Waals surface area contributed by atoms with E-state index in [1.54, 1.807) is 0 Å². The van der Waals surface area contributed by atoms with Crippen LogP contribution in [0.15, 0.2) is 54.7 Å². The van der Waals surface area contributed by atoms with Crippen LogP contribution in [0.4, 0.5) is 0 Å². The summed E-state index contributed by atoms with van der Waals surface area (Å²) in [6, 6.07) is 15.4. The molecule has 0 bridgehead atoms. The standard InChI is InChI=1S/C25H28ClN3O2/c1-16(30)29-24(17-8-2-3-9-17)25(31)28-15-20(18-10-4-6-12-22(18)26)21-14-27-23-13-7-5-11-19(21)23/h4-7,10-14,17,20,24,27H,2-3,8-9,15H2,1H3,(H,28,31)(H,29,30). The number of hydrogen-bond donors (Lipinski definition) is 3. The van der Waals surface area contributed by atoms with E-state index in [1.165, 1.54) is 6.92 Å². The van der Waals surface area contributed by atoms with Crippen LogP contribution in [0.5, 0.6) is 0 Å². The summed E-state index contributed by atoms with van der Waals surface area (Å²) in [7, 11) is 0. The van der Waals surface area contributed by atoms with Gasteiger partial charge in [-0.15, -0.1) is 0 Å². The van der Waals surface area contributed by atoms with Crippen molar-refractivity contribution in [3.05, 3.63) is 70.9 Å². The topological polar surface area (TPSA) is 74.0 Å². The average molecular weight is 438 g/mol. The number of carbonyl (C=O) groups is 2. The predicted octanol–water partition coefficient (Wildman–Crippen LogP) is 4.76. The minimum absolute atomic E-state index is 0.115. The molecule has 2 aromatic carbocycles. The van der Waals surface area contributed by atoms with Gasteiger partial charge in [0.15, 0.2) is 0 Å². The van der Waals surface area contributed by atoms with Gasteiger partial charge in [0.25, 0.3) is 0 Å². The van der Waals surface area contributed by atoms with Gasteiger partial charge in [0.05, 0.1) is 0 Å². The predicted molar refractivity (Wildman–Crippen MR) is 124 cm³/mol. The molecule has 1 saturated carbocycles. The van der Waals surface area contributed by atoms with Crippen molar-refractivity contribution in [1.29, 1.82) is 0 Å². The fraction of sp³-hybridized carbons (Fsp3) is 0.360. The highest BCUT2D eigenvalue weighted by atomic mass is 35.5. The molecule has 2 amide bonds. The molecule has 162 valence electrons. The van der Waals surface area contributed by atoms with E-state index in [4.69, 9.17) is 11.6 Å². The van der Waals surface area contributed by atoms with Gasteiger partial charge in [0, 0.05) is 41.5 Å². The molecule has 0 saturated heterocycles. The van der Waals surface area contributed by atoms with Crippen molar-refractivity contribution in [2.75, 3.05) is 6.54 Å². The van der Waals surface area contributed by atoms with Crippen molar-refractivity contribution < 1.29 is 9.59 Å². The summed E-state index contributed by atoms with van der Waals surface area (Å²) in [5.41, 5.74) is 3.09. The number of nitrogens with one attached hydrogen (secondary N) is 3. The van der Waals surface area contributed by atoms with Crippen molar-refractivity contribution in [2.45, 2.75) is 44.6 Å². The van der Waals surface area contributed by atoms with Crippen molar-refractivity contribution in [3.63, 3.8) is 0 Å². The Morgan fingerprint density at radius 2 is 1.77 bits per heavy atom. The lowest BCUT2D eigenvalue weighted by Crippen LogP contribution is -2.50. The second-order valence-corrected chi connectivity index (χ2v) is 8.74. The molecule has 0 spiro atoms. The van der Waals surface area contributed by atoms with Gasteiger partial charge in [-0.05, 0) is 42.0 Å². The van der Waals surface area contributed by atoms with Gasteiger partial charge >= 0.3 is 0 Å². The molecular weight excluding hydrogens is 410 g/mol. The molecule has 3 aromatic rings. The van der Waals surface area contributed by atoms with E-state index in [0.717, 1.165) is 47.7 Å². The third kappa shape index (κ3) is 4.77. The van der Waals surface area contributed by atoms with Crippen molar-refractivity contribution in [2.24, 2.45) is 5.92 Å². The average Bonchev–Trinajstić information content (AvgIpc) is 3.43. The Kier molecular flexibility index (Phi) is 6.62. The second kappa shape index (κ2) is 9.56. The van der Waals surface area contributed by atoms with Crippen LogP contribution in [0.3, 0.4) is 0 Å². The zero-order valence-electron chi connectivity index (χ0n) is 17.7. The van der Waals surface area contributed by atoms with Gasteiger partial charge in [-0.2, -0.15) is 0 Å². The Bertz CT molecular complexity index is 1070. The largest absolute Gasteiger partial charge is 0.361 e. The summed E-state index contributed by atoms with van der Waals surface area (Å²) in [6.07, 6.45) is 6.13. The smallest absolute Gasteiger partial charge is 0.242 e. The SMILES string of the molecule is CC(=O)NC(C(=O)NCC(c1ccccc1Cl)c1c[nH]c2ccccc12)C1CCCC1. The summed E-state index contributed by atoms with van der Waals surface area (Å²) in [6.45, 7) is 1.86. The number of amides is 2. The number of rotatable bonds is 7. The maximum absolute atomic E-state index is 13.2. The second-order valence-electron chi connectivity index (χ2n) is 8.33. The Morgan fingerprint density at radius 1 is 1.06 bits per heavy atom. The Morgan fingerprint density at radius 3 is 2.52 bits per heavy atom. The molecule has 5 nitrogen and oxygen atoms in total. The van der Waals surface area contributed by atoms with E-state index >= 15 is 0 Å². The highest BCUT2D eigenvalue weighted by Gasteiger charge is 2.32. The molecule has 2 atom stereocenters. The number of carbonyl (C=O) groups excluding carboxylic acids is 2. The zero-order chi connectivity index (χ0) is 21.8. The number of fused-ring (bicyclic) bond motifs is 1. The molecule has 1 aromatic heterocycles. The first-order valence-electron chi connectivity index (χ1n) is 10.9. The highest BCUT2D eigenvalue weighted by Crippen LogP contribution is 2.34. The van der Waals surface area contributed by atoms with Crippen molar-refractivity contribution in [3.8, 4) is 0 Å². The molecule has 0 radical (unpaired) electrons. The molecule has 6 heteroatoms. The van der Waals surface area contributed by atoms with Gasteiger partial charge < -0.3 is 15.6 Å². The van der Waals surface area contributed by atoms with Gasteiger partial charge in [-0.3, -0.25) is 9.59 Å². The molecule has 0 aliphatic heterocycles. The van der Waals surface area contributed by atoms with Crippen molar-refractivity contribution >= 4 is 34.3 Å². The van der Waals surface area contributed by atoms with E-state index in [1.807, 2.05) is 48.7 Å². The van der Waals surface area contributed by atoms with Crippen LogP contribution in [0.25, 0.3) is 10.9 Å². The number of H-pyrrole nitrogens is 1. The van der Waals surface area contributed by atoms with E-state index < -0.39 is 6.04 Å². The van der Waals surface area contributed by atoms with E-state index in [9.17, 15) is 9.59 Å². The van der Waals surface area contributed by atoms with Crippen LogP contribution < -0.4 is 10.6 Å². The maximum Gasteiger partial charge on any atom is 0.242 e. The minimum Gasteiger partial charge on any atom is -0.361 e. The summed E-state index contributed by atoms with van der Waals surface area (Å²) in [5, 5.41) is 7.77. The number of para-hydroxylation sites is 1. The van der Waals surface area contributed by atoms with Gasteiger partial charge in [0.1, 0.15) is 6.04 Å². The Labute approximate surface area is 187 Å². The van der Waals surface area contributed by atoms with E-state index in [2.05, 4.69) is 21.7 Å². The third-order valence-corrected chi connectivity index (χ3v) is 6.61. The molecule has 31 heavy (non-hydrogen) atoms. The first kappa shape index (κ1) is 21.4. The molecule has 4 rings (SSSR count). The maximum atomic E-state index is 13.2. The molecule has 2 unspecified atom stereocenters. The van der Waals surface area contributed by atoms with Crippen LogP contribution in [0, 0.1) is 5.92 Å². The van der Waals surface area contributed by atoms with Gasteiger partial charge in [-0.25, -0.2) is 0 Å². The first-order valence-corrected chi connectivity index (χ1v) is 11.3. The van der Waals surface area contributed by atoms with Crippen LogP contribution in [-0.2, 0) is 9.59 Å². The van der Waals surface area contributed by atoms with E-state index in [0.29, 0.717) is 11.6 Å². The van der Waals surface area contributed by atoms with Crippen LogP contribution in [0.2, 0.25) is 5.02 Å². The quantitative estimate of drug-likeness (QED) is 0.498. The lowest BCUT2D eigenvalue weighted by molar-refractivity contribution is -0.129. The van der Waals surface area contributed by atoms with Gasteiger partial charge in [0.2, 0.25) is 11.8 Å². The molecule has 3 N–H and O–H groups in total. The summed E-state index contributed by atoms with van der Waals surface area (Å²) >= 11 is 6.56. The number of halogens is 1. The summed E-state index contributed by atoms with van der Waals surface area (Å²) < 4.78 is 0. The fourth-order valence-electron chi connectivity index (χ4n) is 4.75. The normalized spacial score (nSPS) is 16.2. The van der Waals surface area contributed by atoms with Crippen molar-refractivity contribution in [1.82, 2.24) is 15.6 Å². The molecule has 1 aliphatic carbocycles. The lowest BCUT2D eigenvalue weighted by Gasteiger charge is -2.25. The van der Waals surface area contributed by atoms with Crippen LogP contribution in [-0.4, -0.2) is 29.4 Å². The van der Waals surface area contributed by atoms with Gasteiger partial charge in [-0.1, -0.05) is 60.8 Å². The molecule has 1 heterocycles. The molecular formula is C25H28ClN3O2. The number of benzene rings is 2. The minimum atomic E-state index is -0.491. The lowest BCUT2D eigenvalue weighted by atomic mass is 9.90. The number of aromatic nitrogens is 1. The summed E-state index contributed by atoms with van der Waals surface area (Å²) in [5.74, 6) is -0.226. The number of hydrogen-bond acceptors (Lipinski definition) is 2.